The molecule has 0 unspecified atom stereocenters. The van der Waals surface area contributed by atoms with Crippen LogP contribution < -0.4 is 16.1 Å². The van der Waals surface area contributed by atoms with Crippen LogP contribution in [-0.4, -0.2) is 43.8 Å². The minimum atomic E-state index is -0.999. The topological polar surface area (TPSA) is 164 Å². The number of H-pyrrole nitrogens is 2. The number of carbonyl (C=O) groups excluding carboxylic acids is 3. The summed E-state index contributed by atoms with van der Waals surface area (Å²) in [5.74, 6) is -2.79. The van der Waals surface area contributed by atoms with Crippen LogP contribution in [0.2, 0.25) is 0 Å². The van der Waals surface area contributed by atoms with Crippen molar-refractivity contribution in [3.8, 4) is 11.8 Å². The zero-order valence-electron chi connectivity index (χ0n) is 21.7. The zero-order chi connectivity index (χ0) is 28.3. The molecule has 2 aromatic carbocycles. The molecule has 2 atom stereocenters. The first kappa shape index (κ1) is 27.2. The quantitative estimate of drug-likeness (QED) is 0.181. The molecule has 4 aromatic rings. The fourth-order valence-corrected chi connectivity index (χ4v) is 4.47. The summed E-state index contributed by atoms with van der Waals surface area (Å²) >= 11 is 0. The summed E-state index contributed by atoms with van der Waals surface area (Å²) in [6.07, 6.45) is -0.201. The molecule has 0 aliphatic rings. The number of para-hydroxylation sites is 1. The van der Waals surface area contributed by atoms with Crippen LogP contribution in [-0.2, 0) is 4.79 Å². The number of carbonyl (C=O) groups is 3. The minimum Gasteiger partial charge on any atom is -0.494 e. The molecule has 0 aliphatic carbocycles. The predicted molar refractivity (Wildman–Crippen MR) is 146 cm³/mol. The second kappa shape index (κ2) is 11.3. The summed E-state index contributed by atoms with van der Waals surface area (Å²) in [4.78, 5) is 57.4. The molecule has 0 spiro atoms. The summed E-state index contributed by atoms with van der Waals surface area (Å²) in [6, 6.07) is 15.2. The molecular weight excluding hydrogens is 500 g/mol. The Bertz CT molecular complexity index is 1590. The third-order valence-corrected chi connectivity index (χ3v) is 6.59. The van der Waals surface area contributed by atoms with E-state index >= 15 is 0 Å². The number of rotatable bonds is 9. The van der Waals surface area contributed by atoms with E-state index in [0.717, 1.165) is 0 Å². The zero-order valence-corrected chi connectivity index (χ0v) is 21.7. The van der Waals surface area contributed by atoms with E-state index in [9.17, 15) is 29.4 Å². The number of aromatic nitrogens is 2. The maximum Gasteiger partial charge on any atom is 0.268 e. The maximum atomic E-state index is 13.2. The Morgan fingerprint density at radius 2 is 1.56 bits per heavy atom. The van der Waals surface area contributed by atoms with Gasteiger partial charge in [-0.3, -0.25) is 24.2 Å². The number of amides is 2. The van der Waals surface area contributed by atoms with E-state index in [2.05, 4.69) is 20.6 Å². The van der Waals surface area contributed by atoms with Crippen molar-refractivity contribution in [2.24, 2.45) is 5.92 Å². The number of pyridine rings is 1. The number of Topliss-reactive ketones (excluding diaryl/α,β-unsaturated/α-hetero) is 1. The largest absolute Gasteiger partial charge is 0.494 e. The van der Waals surface area contributed by atoms with Crippen molar-refractivity contribution < 1.29 is 24.6 Å². The molecule has 39 heavy (non-hydrogen) atoms. The SMILES string of the molecule is Cc1c(O)[nH]c(O)c1C(=O)[C@H](NC(=O)C[C@H](NC(=O)c1cc(=O)c2ccccc2[nH]1)c1ccccc1)C(C)C. The summed E-state index contributed by atoms with van der Waals surface area (Å²) < 4.78 is 0. The second-order valence-corrected chi connectivity index (χ2v) is 9.71. The van der Waals surface area contributed by atoms with E-state index in [1.54, 1.807) is 68.4 Å². The lowest BCUT2D eigenvalue weighted by atomic mass is 9.93. The van der Waals surface area contributed by atoms with E-state index in [0.29, 0.717) is 16.5 Å². The van der Waals surface area contributed by atoms with Gasteiger partial charge in [0.05, 0.1) is 24.1 Å². The maximum absolute atomic E-state index is 13.2. The van der Waals surface area contributed by atoms with Crippen molar-refractivity contribution in [1.82, 2.24) is 20.6 Å². The summed E-state index contributed by atoms with van der Waals surface area (Å²) in [5.41, 5.74) is 0.984. The van der Waals surface area contributed by atoms with Crippen LogP contribution in [0.15, 0.2) is 65.5 Å². The number of nitrogens with one attached hydrogen (secondary N) is 4. The van der Waals surface area contributed by atoms with Crippen molar-refractivity contribution in [2.45, 2.75) is 39.3 Å². The van der Waals surface area contributed by atoms with E-state index in [4.69, 9.17) is 0 Å². The van der Waals surface area contributed by atoms with E-state index in [-0.39, 0.29) is 40.5 Å². The highest BCUT2D eigenvalue weighted by molar-refractivity contribution is 6.05. The van der Waals surface area contributed by atoms with Crippen LogP contribution >= 0.6 is 0 Å². The van der Waals surface area contributed by atoms with E-state index in [1.807, 2.05) is 0 Å². The van der Waals surface area contributed by atoms with Crippen LogP contribution in [0.25, 0.3) is 10.9 Å². The van der Waals surface area contributed by atoms with Crippen molar-refractivity contribution in [2.75, 3.05) is 0 Å². The number of hydrogen-bond acceptors (Lipinski definition) is 6. The van der Waals surface area contributed by atoms with Crippen molar-refractivity contribution in [3.05, 3.63) is 93.3 Å². The first-order chi connectivity index (χ1) is 18.6. The van der Waals surface area contributed by atoms with Crippen LogP contribution in [0.3, 0.4) is 0 Å². The fourth-order valence-electron chi connectivity index (χ4n) is 4.47. The van der Waals surface area contributed by atoms with Crippen LogP contribution in [0, 0.1) is 12.8 Å². The Hall–Kier alpha value is -4.86. The highest BCUT2D eigenvalue weighted by atomic mass is 16.3. The first-order valence-corrected chi connectivity index (χ1v) is 12.5. The molecule has 0 bridgehead atoms. The van der Waals surface area contributed by atoms with Gasteiger partial charge in [0.25, 0.3) is 5.91 Å². The Morgan fingerprint density at radius 3 is 2.21 bits per heavy atom. The minimum absolute atomic E-state index is 0.0495. The van der Waals surface area contributed by atoms with Gasteiger partial charge in [0.2, 0.25) is 11.8 Å². The van der Waals surface area contributed by atoms with Gasteiger partial charge in [-0.2, -0.15) is 0 Å². The average Bonchev–Trinajstić information content (AvgIpc) is 3.17. The summed E-state index contributed by atoms with van der Waals surface area (Å²) in [6.45, 7) is 4.97. The van der Waals surface area contributed by atoms with Crippen LogP contribution in [0.1, 0.15) is 58.3 Å². The molecule has 10 nitrogen and oxygen atoms in total. The van der Waals surface area contributed by atoms with Gasteiger partial charge >= 0.3 is 0 Å². The van der Waals surface area contributed by atoms with E-state index in [1.165, 1.54) is 13.0 Å². The Kier molecular flexibility index (Phi) is 7.85. The molecule has 4 rings (SSSR count). The Balaban J connectivity index is 1.57. The van der Waals surface area contributed by atoms with Gasteiger partial charge in [-0.05, 0) is 30.5 Å². The molecule has 0 fully saturated rings. The van der Waals surface area contributed by atoms with Gasteiger partial charge in [-0.25, -0.2) is 0 Å². The van der Waals surface area contributed by atoms with Crippen molar-refractivity contribution in [3.63, 3.8) is 0 Å². The predicted octanol–water partition coefficient (Wildman–Crippen LogP) is 3.46. The summed E-state index contributed by atoms with van der Waals surface area (Å²) in [5, 5.41) is 26.0. The average molecular weight is 531 g/mol. The molecule has 10 heteroatoms. The molecule has 2 amide bonds. The molecule has 6 N–H and O–H groups in total. The van der Waals surface area contributed by atoms with Gasteiger partial charge in [0.1, 0.15) is 5.69 Å². The van der Waals surface area contributed by atoms with Gasteiger partial charge in [-0.15, -0.1) is 0 Å². The number of aromatic hydroxyl groups is 2. The highest BCUT2D eigenvalue weighted by Crippen LogP contribution is 2.30. The summed E-state index contributed by atoms with van der Waals surface area (Å²) in [7, 11) is 0. The monoisotopic (exact) mass is 530 g/mol. The highest BCUT2D eigenvalue weighted by Gasteiger charge is 2.31. The lowest BCUT2D eigenvalue weighted by molar-refractivity contribution is -0.122. The fraction of sp³-hybridized carbons (Fsp3) is 0.241. The number of aromatic amines is 2. The number of hydrogen-bond donors (Lipinski definition) is 6. The molecule has 202 valence electrons. The standard InChI is InChI=1S/C29H30N4O6/c1-15(2)25(26(36)24-16(3)27(37)33-29(24)39)32-23(35)14-20(17-9-5-4-6-10-17)31-28(38)21-13-22(34)18-11-7-8-12-19(18)30-21/h4-13,15,20,25,33,37,39H,14H2,1-3H3,(H,30,34)(H,31,38)(H,32,35)/t20-,25+/m0/s1. The molecule has 2 heterocycles. The Morgan fingerprint density at radius 1 is 0.897 bits per heavy atom. The lowest BCUT2D eigenvalue weighted by Crippen LogP contribution is -2.45. The number of fused-ring (bicyclic) bond motifs is 1. The van der Waals surface area contributed by atoms with Gasteiger partial charge in [0, 0.05) is 22.5 Å². The van der Waals surface area contributed by atoms with E-state index < -0.39 is 35.6 Å². The lowest BCUT2D eigenvalue weighted by Gasteiger charge is -2.24. The van der Waals surface area contributed by atoms with Crippen LogP contribution in [0.5, 0.6) is 11.8 Å². The molecule has 0 saturated heterocycles. The normalized spacial score (nSPS) is 12.7. The smallest absolute Gasteiger partial charge is 0.268 e. The second-order valence-electron chi connectivity index (χ2n) is 9.71. The number of benzene rings is 2. The number of ketones is 1. The molecular formula is C29H30N4O6. The molecule has 0 saturated carbocycles. The molecule has 2 aromatic heterocycles. The Labute approximate surface area is 224 Å². The van der Waals surface area contributed by atoms with Gasteiger partial charge in [0.15, 0.2) is 17.1 Å². The van der Waals surface area contributed by atoms with Gasteiger partial charge < -0.3 is 25.8 Å². The molecule has 0 aliphatic heterocycles. The van der Waals surface area contributed by atoms with Crippen molar-refractivity contribution >= 4 is 28.5 Å². The third-order valence-electron chi connectivity index (χ3n) is 6.59. The first-order valence-electron chi connectivity index (χ1n) is 12.5. The van der Waals surface area contributed by atoms with Crippen molar-refractivity contribution in [1.29, 1.82) is 0 Å². The third kappa shape index (κ3) is 5.85. The van der Waals surface area contributed by atoms with Crippen LogP contribution in [0.4, 0.5) is 0 Å². The molecule has 0 radical (unpaired) electrons. The van der Waals surface area contributed by atoms with Gasteiger partial charge in [-0.1, -0.05) is 56.3 Å².